The van der Waals surface area contributed by atoms with E-state index in [1.54, 1.807) is 32.2 Å². The molecular formula is C30H28ClF2N5O3. The number of alkyl halides is 1. The second-order valence-corrected chi connectivity index (χ2v) is 11.1. The Morgan fingerprint density at radius 1 is 1.17 bits per heavy atom. The smallest absolute Gasteiger partial charge is 0.322 e. The van der Waals surface area contributed by atoms with E-state index in [0.29, 0.717) is 22.5 Å². The van der Waals surface area contributed by atoms with Crippen LogP contribution in [-0.4, -0.2) is 48.7 Å². The monoisotopic (exact) mass is 579 g/mol. The first-order valence-corrected chi connectivity index (χ1v) is 13.4. The zero-order valence-electron chi connectivity index (χ0n) is 23.0. The second-order valence-electron chi connectivity index (χ2n) is 10.7. The molecule has 1 aromatic carbocycles. The van der Waals surface area contributed by atoms with Crippen molar-refractivity contribution in [3.05, 3.63) is 97.6 Å². The molecule has 0 radical (unpaired) electrons. The van der Waals surface area contributed by atoms with E-state index in [1.807, 2.05) is 13.8 Å². The Morgan fingerprint density at radius 2 is 1.88 bits per heavy atom. The number of carbonyl (C=O) groups excluding carboxylic acids is 1. The van der Waals surface area contributed by atoms with Crippen molar-refractivity contribution in [2.75, 3.05) is 13.1 Å². The second kappa shape index (κ2) is 10.3. The lowest BCUT2D eigenvalue weighted by atomic mass is 9.95. The van der Waals surface area contributed by atoms with Gasteiger partial charge >= 0.3 is 11.1 Å². The van der Waals surface area contributed by atoms with E-state index in [2.05, 4.69) is 16.5 Å². The molecule has 0 atom stereocenters. The van der Waals surface area contributed by atoms with Gasteiger partial charge in [-0.05, 0) is 61.2 Å². The van der Waals surface area contributed by atoms with Gasteiger partial charge in [0.1, 0.15) is 5.82 Å². The molecule has 5 rings (SSSR count). The number of aromatic nitrogens is 4. The molecule has 1 amide bonds. The molecule has 0 saturated carbocycles. The molecule has 41 heavy (non-hydrogen) atoms. The van der Waals surface area contributed by atoms with E-state index in [0.717, 1.165) is 15.2 Å². The molecule has 212 valence electrons. The van der Waals surface area contributed by atoms with Crippen LogP contribution in [0.15, 0.2) is 58.8 Å². The maximum Gasteiger partial charge on any atom is 0.322 e. The van der Waals surface area contributed by atoms with Crippen LogP contribution in [0.4, 0.5) is 8.78 Å². The first kappa shape index (κ1) is 28.4. The van der Waals surface area contributed by atoms with Gasteiger partial charge in [-0.2, -0.15) is 0 Å². The summed E-state index contributed by atoms with van der Waals surface area (Å²) < 4.78 is 33.0. The van der Waals surface area contributed by atoms with Crippen LogP contribution in [-0.2, 0) is 11.3 Å². The molecule has 1 aliphatic heterocycles. The zero-order valence-corrected chi connectivity index (χ0v) is 23.8. The Balaban J connectivity index is 1.83. The van der Waals surface area contributed by atoms with Crippen molar-refractivity contribution < 1.29 is 13.6 Å². The topological polar surface area (TPSA) is 90.1 Å². The molecule has 0 spiro atoms. The van der Waals surface area contributed by atoms with E-state index >= 15 is 8.78 Å². The number of aryl methyl sites for hydroxylation is 2. The quantitative estimate of drug-likeness (QED) is 0.240. The summed E-state index contributed by atoms with van der Waals surface area (Å²) >= 11 is 6.63. The van der Waals surface area contributed by atoms with E-state index in [1.165, 1.54) is 23.1 Å². The summed E-state index contributed by atoms with van der Waals surface area (Å²) in [5.41, 5.74) is -1.44. The Morgan fingerprint density at radius 3 is 2.51 bits per heavy atom. The number of pyridine rings is 2. The summed E-state index contributed by atoms with van der Waals surface area (Å²) in [7, 11) is 0. The Kier molecular flexibility index (Phi) is 7.15. The van der Waals surface area contributed by atoms with Crippen molar-refractivity contribution in [1.82, 2.24) is 24.0 Å². The van der Waals surface area contributed by atoms with Crippen molar-refractivity contribution >= 4 is 28.7 Å². The van der Waals surface area contributed by atoms with E-state index in [4.69, 9.17) is 11.6 Å². The van der Waals surface area contributed by atoms with Crippen molar-refractivity contribution in [1.29, 1.82) is 0 Å². The van der Waals surface area contributed by atoms with Crippen LogP contribution in [0.25, 0.3) is 28.1 Å². The van der Waals surface area contributed by atoms with Crippen LogP contribution in [0.5, 0.6) is 0 Å². The molecule has 8 nitrogen and oxygen atoms in total. The van der Waals surface area contributed by atoms with Crippen molar-refractivity contribution in [2.45, 2.75) is 45.8 Å². The minimum absolute atomic E-state index is 0.00563. The fourth-order valence-electron chi connectivity index (χ4n) is 5.21. The molecule has 4 heterocycles. The van der Waals surface area contributed by atoms with Crippen LogP contribution >= 0.6 is 11.6 Å². The van der Waals surface area contributed by atoms with Gasteiger partial charge in [0.25, 0.3) is 0 Å². The molecular weight excluding hydrogens is 552 g/mol. The zero-order chi connectivity index (χ0) is 29.8. The van der Waals surface area contributed by atoms with Gasteiger partial charge < -0.3 is 4.90 Å². The Hall–Kier alpha value is -4.18. The van der Waals surface area contributed by atoms with Gasteiger partial charge in [-0.15, -0.1) is 0 Å². The maximum atomic E-state index is 15.8. The van der Waals surface area contributed by atoms with Crippen LogP contribution < -0.4 is 11.1 Å². The molecule has 11 heteroatoms. The van der Waals surface area contributed by atoms with Crippen LogP contribution in [0.1, 0.15) is 36.6 Å². The third-order valence-corrected chi connectivity index (χ3v) is 7.54. The third kappa shape index (κ3) is 4.86. The van der Waals surface area contributed by atoms with Gasteiger partial charge in [0, 0.05) is 11.8 Å². The van der Waals surface area contributed by atoms with Gasteiger partial charge in [-0.25, -0.2) is 13.8 Å². The summed E-state index contributed by atoms with van der Waals surface area (Å²) in [6.07, 6.45) is 2.69. The molecule has 0 unspecified atom stereocenters. The lowest BCUT2D eigenvalue weighted by Crippen LogP contribution is -2.63. The van der Waals surface area contributed by atoms with Gasteiger partial charge in [0.15, 0.2) is 11.3 Å². The number of amides is 1. The largest absolute Gasteiger partial charge is 0.332 e. The van der Waals surface area contributed by atoms with Crippen LogP contribution in [0.3, 0.4) is 0 Å². The van der Waals surface area contributed by atoms with Crippen LogP contribution in [0.2, 0.25) is 5.02 Å². The van der Waals surface area contributed by atoms with E-state index in [9.17, 15) is 14.4 Å². The highest BCUT2D eigenvalue weighted by molar-refractivity contribution is 6.33. The van der Waals surface area contributed by atoms with Crippen molar-refractivity contribution in [2.24, 2.45) is 0 Å². The average molecular weight is 580 g/mol. The molecule has 1 fully saturated rings. The van der Waals surface area contributed by atoms with Crippen molar-refractivity contribution in [3.63, 3.8) is 0 Å². The fourth-order valence-corrected chi connectivity index (χ4v) is 5.45. The van der Waals surface area contributed by atoms with Gasteiger partial charge in [0.2, 0.25) is 5.91 Å². The number of benzene rings is 1. The molecule has 1 aliphatic rings. The molecule has 0 aliphatic carbocycles. The standard InChI is InChI=1S/C30H28ClF2N5O3/c1-6-23(39)36-13-30(33,14-36)15-37-22-12-20(31)25(19-8-7-17(4)11-21(19)32)35-27(22)38(29(41)28(37)40)26-18(5)9-10-34-24(26)16(2)3/h6-12,16H,1,13-15H2,2-5H3. The summed E-state index contributed by atoms with van der Waals surface area (Å²) in [6.45, 7) is 9.67. The SMILES string of the molecule is C=CC(=O)N1CC(F)(Cn2c(=O)c(=O)n(-c3c(C)ccnc3C(C)C)c3nc(-c4ccc(C)cc4F)c(Cl)cc32)C1. The van der Waals surface area contributed by atoms with Gasteiger partial charge in [-0.1, -0.05) is 38.1 Å². The highest BCUT2D eigenvalue weighted by atomic mass is 35.5. The predicted octanol–water partition coefficient (Wildman–Crippen LogP) is 4.88. The predicted molar refractivity (Wildman–Crippen MR) is 154 cm³/mol. The van der Waals surface area contributed by atoms with E-state index < -0.39 is 35.1 Å². The summed E-state index contributed by atoms with van der Waals surface area (Å²) in [4.78, 5) is 49.7. The van der Waals surface area contributed by atoms with E-state index in [-0.39, 0.29) is 46.5 Å². The number of halogens is 3. The lowest BCUT2D eigenvalue weighted by molar-refractivity contribution is -0.141. The number of likely N-dealkylation sites (tertiary alicyclic amines) is 1. The first-order chi connectivity index (χ1) is 19.3. The number of carbonyl (C=O) groups is 1. The third-order valence-electron chi connectivity index (χ3n) is 7.25. The van der Waals surface area contributed by atoms with Gasteiger partial charge in [0.05, 0.1) is 47.2 Å². The van der Waals surface area contributed by atoms with Gasteiger partial charge in [-0.3, -0.25) is 28.5 Å². The number of nitrogens with zero attached hydrogens (tertiary/aromatic N) is 5. The summed E-state index contributed by atoms with van der Waals surface area (Å²) in [6, 6.07) is 7.68. The minimum Gasteiger partial charge on any atom is -0.332 e. The maximum absolute atomic E-state index is 15.8. The molecule has 0 N–H and O–H groups in total. The highest BCUT2D eigenvalue weighted by Crippen LogP contribution is 2.34. The number of hydrogen-bond acceptors (Lipinski definition) is 5. The normalized spacial score (nSPS) is 14.4. The molecule has 4 aromatic rings. The summed E-state index contributed by atoms with van der Waals surface area (Å²) in [5, 5.41) is 0.00979. The lowest BCUT2D eigenvalue weighted by Gasteiger charge is -2.44. The molecule has 1 saturated heterocycles. The Labute approximate surface area is 239 Å². The van der Waals surface area contributed by atoms with Crippen molar-refractivity contribution in [3.8, 4) is 16.9 Å². The fraction of sp³-hybridized carbons (Fsp3) is 0.300. The number of rotatable bonds is 6. The number of hydrogen-bond donors (Lipinski definition) is 0. The minimum atomic E-state index is -1.98. The molecule has 0 bridgehead atoms. The Bertz CT molecular complexity index is 1860. The first-order valence-electron chi connectivity index (χ1n) is 13.0. The number of fused-ring (bicyclic) bond motifs is 1. The highest BCUT2D eigenvalue weighted by Gasteiger charge is 2.46. The molecule has 3 aromatic heterocycles. The average Bonchev–Trinajstić information content (AvgIpc) is 2.90. The van der Waals surface area contributed by atoms with Crippen LogP contribution in [0, 0.1) is 19.7 Å². The summed E-state index contributed by atoms with van der Waals surface area (Å²) in [5.74, 6) is -1.13.